The van der Waals surface area contributed by atoms with Crippen LogP contribution < -0.4 is 0 Å². The van der Waals surface area contributed by atoms with Gasteiger partial charge < -0.3 is 4.74 Å². The Kier molecular flexibility index (Phi) is 5.26. The van der Waals surface area contributed by atoms with Crippen molar-refractivity contribution in [2.24, 2.45) is 0 Å². The second-order valence-corrected chi connectivity index (χ2v) is 6.00. The van der Waals surface area contributed by atoms with Gasteiger partial charge >= 0.3 is 0 Å². The summed E-state index contributed by atoms with van der Waals surface area (Å²) in [6.45, 7) is 11.4. The van der Waals surface area contributed by atoms with Gasteiger partial charge in [-0.2, -0.15) is 0 Å². The minimum absolute atomic E-state index is 0.526. The smallest absolute Gasteiger partial charge is 0.0594 e. The van der Waals surface area contributed by atoms with E-state index in [-0.39, 0.29) is 0 Å². The van der Waals surface area contributed by atoms with Gasteiger partial charge in [-0.15, -0.1) is 0 Å². The Morgan fingerprint density at radius 3 is 2.58 bits per heavy atom. The number of hydrogen-bond donors (Lipinski definition) is 0. The maximum atomic E-state index is 6.52. The Bertz CT molecular complexity index is 425. The van der Waals surface area contributed by atoms with Crippen LogP contribution in [0.15, 0.2) is 12.1 Å². The van der Waals surface area contributed by atoms with Crippen molar-refractivity contribution in [2.75, 3.05) is 32.8 Å². The lowest BCUT2D eigenvalue weighted by molar-refractivity contribution is 0.0384. The molecule has 1 heterocycles. The summed E-state index contributed by atoms with van der Waals surface area (Å²) >= 11 is 6.52. The quantitative estimate of drug-likeness (QED) is 0.835. The molecule has 0 bridgehead atoms. The standard InChI is InChI=1S/C16H24ClNO/c1-12(2)14-5-4-13(3)16(17)15(14)6-7-18-8-10-19-11-9-18/h4-5,12H,6-11H2,1-3H3. The molecule has 2 rings (SSSR count). The molecule has 1 saturated heterocycles. The van der Waals surface area contributed by atoms with E-state index in [1.54, 1.807) is 0 Å². The van der Waals surface area contributed by atoms with Crippen LogP contribution in [0.25, 0.3) is 0 Å². The van der Waals surface area contributed by atoms with Gasteiger partial charge in [0.1, 0.15) is 0 Å². The third-order valence-electron chi connectivity index (χ3n) is 3.88. The van der Waals surface area contributed by atoms with E-state index in [9.17, 15) is 0 Å². The molecule has 0 aliphatic carbocycles. The van der Waals surface area contributed by atoms with Crippen molar-refractivity contribution in [3.63, 3.8) is 0 Å². The van der Waals surface area contributed by atoms with Crippen LogP contribution in [0, 0.1) is 6.92 Å². The fourth-order valence-electron chi connectivity index (χ4n) is 2.64. The highest BCUT2D eigenvalue weighted by Crippen LogP contribution is 2.29. The lowest BCUT2D eigenvalue weighted by Crippen LogP contribution is -2.37. The highest BCUT2D eigenvalue weighted by molar-refractivity contribution is 6.32. The van der Waals surface area contributed by atoms with Crippen LogP contribution in [0.5, 0.6) is 0 Å². The minimum atomic E-state index is 0.526. The molecule has 0 spiro atoms. The molecule has 1 aromatic carbocycles. The summed E-state index contributed by atoms with van der Waals surface area (Å²) in [6.07, 6.45) is 1.04. The van der Waals surface area contributed by atoms with E-state index in [1.807, 2.05) is 0 Å². The van der Waals surface area contributed by atoms with E-state index >= 15 is 0 Å². The van der Waals surface area contributed by atoms with Gasteiger partial charge in [0.2, 0.25) is 0 Å². The molecule has 0 amide bonds. The van der Waals surface area contributed by atoms with Crippen LogP contribution >= 0.6 is 11.6 Å². The maximum absolute atomic E-state index is 6.52. The molecule has 106 valence electrons. The molecule has 0 radical (unpaired) electrons. The lowest BCUT2D eigenvalue weighted by atomic mass is 9.93. The molecule has 1 aromatic rings. The molecule has 0 atom stereocenters. The van der Waals surface area contributed by atoms with E-state index in [2.05, 4.69) is 37.8 Å². The van der Waals surface area contributed by atoms with E-state index in [4.69, 9.17) is 16.3 Å². The summed E-state index contributed by atoms with van der Waals surface area (Å²) in [6, 6.07) is 4.37. The average Bonchev–Trinajstić information content (AvgIpc) is 2.41. The Morgan fingerprint density at radius 2 is 1.95 bits per heavy atom. The van der Waals surface area contributed by atoms with Gasteiger partial charge in [0.05, 0.1) is 13.2 Å². The number of hydrogen-bond acceptors (Lipinski definition) is 2. The summed E-state index contributed by atoms with van der Waals surface area (Å²) in [5.74, 6) is 0.526. The zero-order valence-corrected chi connectivity index (χ0v) is 13.0. The van der Waals surface area contributed by atoms with Crippen molar-refractivity contribution in [3.8, 4) is 0 Å². The summed E-state index contributed by atoms with van der Waals surface area (Å²) in [4.78, 5) is 2.46. The van der Waals surface area contributed by atoms with E-state index in [0.717, 1.165) is 44.3 Å². The normalized spacial score (nSPS) is 17.1. The molecule has 19 heavy (non-hydrogen) atoms. The number of benzene rings is 1. The monoisotopic (exact) mass is 281 g/mol. The zero-order valence-electron chi connectivity index (χ0n) is 12.2. The molecule has 2 nitrogen and oxygen atoms in total. The Balaban J connectivity index is 2.11. The van der Waals surface area contributed by atoms with Crippen LogP contribution in [0.3, 0.4) is 0 Å². The third kappa shape index (κ3) is 3.71. The number of halogens is 1. The van der Waals surface area contributed by atoms with Crippen LogP contribution in [-0.2, 0) is 11.2 Å². The first-order valence-electron chi connectivity index (χ1n) is 7.17. The van der Waals surface area contributed by atoms with Crippen molar-refractivity contribution >= 4 is 11.6 Å². The lowest BCUT2D eigenvalue weighted by Gasteiger charge is -2.27. The second-order valence-electron chi connectivity index (χ2n) is 5.62. The molecule has 0 aromatic heterocycles. The number of rotatable bonds is 4. The van der Waals surface area contributed by atoms with E-state index in [1.165, 1.54) is 16.7 Å². The summed E-state index contributed by atoms with van der Waals surface area (Å²) in [7, 11) is 0. The number of ether oxygens (including phenoxy) is 1. The first kappa shape index (κ1) is 14.8. The van der Waals surface area contributed by atoms with Gasteiger partial charge in [-0.1, -0.05) is 37.6 Å². The molecule has 0 N–H and O–H groups in total. The average molecular weight is 282 g/mol. The van der Waals surface area contributed by atoms with Gasteiger partial charge in [0.15, 0.2) is 0 Å². The molecule has 0 unspecified atom stereocenters. The number of aryl methyl sites for hydroxylation is 1. The van der Waals surface area contributed by atoms with Gasteiger partial charge in [-0.3, -0.25) is 4.90 Å². The van der Waals surface area contributed by atoms with Gasteiger partial charge in [0.25, 0.3) is 0 Å². The van der Waals surface area contributed by atoms with Gasteiger partial charge in [-0.05, 0) is 36.0 Å². The van der Waals surface area contributed by atoms with Crippen molar-refractivity contribution in [2.45, 2.75) is 33.1 Å². The highest BCUT2D eigenvalue weighted by Gasteiger charge is 2.15. The van der Waals surface area contributed by atoms with Crippen LogP contribution in [0.2, 0.25) is 5.02 Å². The largest absolute Gasteiger partial charge is 0.379 e. The maximum Gasteiger partial charge on any atom is 0.0594 e. The molecule has 1 aliphatic heterocycles. The topological polar surface area (TPSA) is 12.5 Å². The summed E-state index contributed by atoms with van der Waals surface area (Å²) in [5.41, 5.74) is 3.91. The van der Waals surface area contributed by atoms with Crippen molar-refractivity contribution in [1.29, 1.82) is 0 Å². The Labute approximate surface area is 121 Å². The molecular weight excluding hydrogens is 258 g/mol. The van der Waals surface area contributed by atoms with Crippen LogP contribution in [0.4, 0.5) is 0 Å². The first-order valence-corrected chi connectivity index (χ1v) is 7.55. The molecule has 1 fully saturated rings. The van der Waals surface area contributed by atoms with E-state index in [0.29, 0.717) is 5.92 Å². The molecule has 0 saturated carbocycles. The highest BCUT2D eigenvalue weighted by atomic mass is 35.5. The van der Waals surface area contributed by atoms with Gasteiger partial charge in [0, 0.05) is 24.7 Å². The molecule has 1 aliphatic rings. The SMILES string of the molecule is Cc1ccc(C(C)C)c(CCN2CCOCC2)c1Cl. The predicted molar refractivity (Wildman–Crippen MR) is 81.2 cm³/mol. The van der Waals surface area contributed by atoms with Crippen LogP contribution in [0.1, 0.15) is 36.5 Å². The summed E-state index contributed by atoms with van der Waals surface area (Å²) < 4.78 is 5.39. The third-order valence-corrected chi connectivity index (χ3v) is 4.40. The first-order chi connectivity index (χ1) is 9.09. The predicted octanol–water partition coefficient (Wildman–Crippen LogP) is 3.65. The number of nitrogens with zero attached hydrogens (tertiary/aromatic N) is 1. The second kappa shape index (κ2) is 6.74. The number of morpholine rings is 1. The Hall–Kier alpha value is -0.570. The zero-order chi connectivity index (χ0) is 13.8. The fraction of sp³-hybridized carbons (Fsp3) is 0.625. The molecule has 3 heteroatoms. The summed E-state index contributed by atoms with van der Waals surface area (Å²) in [5, 5.41) is 0.958. The Morgan fingerprint density at radius 1 is 1.26 bits per heavy atom. The molecular formula is C16H24ClNO. The van der Waals surface area contributed by atoms with E-state index < -0.39 is 0 Å². The minimum Gasteiger partial charge on any atom is -0.379 e. The van der Waals surface area contributed by atoms with Crippen molar-refractivity contribution in [1.82, 2.24) is 4.90 Å². The van der Waals surface area contributed by atoms with Crippen molar-refractivity contribution < 1.29 is 4.74 Å². The van der Waals surface area contributed by atoms with Crippen LogP contribution in [-0.4, -0.2) is 37.7 Å². The van der Waals surface area contributed by atoms with Gasteiger partial charge in [-0.25, -0.2) is 0 Å². The fourth-order valence-corrected chi connectivity index (χ4v) is 2.91. The van der Waals surface area contributed by atoms with Crippen molar-refractivity contribution in [3.05, 3.63) is 33.8 Å².